The molecule has 0 saturated carbocycles. The Hall–Kier alpha value is -2.57. The summed E-state index contributed by atoms with van der Waals surface area (Å²) in [6.07, 6.45) is 0.0527. The Morgan fingerprint density at radius 1 is 0.815 bits per heavy atom. The number of ketones is 1. The standard InChI is InChI=1S/C24H25O2P/c1-19(2)26-23-16-10-11-17-24(23)27(18-20(3)25,21-12-6-4-7-13-21)22-14-8-5-9-15-22/h4-19H,1-3H3. The van der Waals surface area contributed by atoms with E-state index in [1.807, 2.05) is 74.2 Å². The van der Waals surface area contributed by atoms with Crippen molar-refractivity contribution in [3.63, 3.8) is 0 Å². The average Bonchev–Trinajstić information content (AvgIpc) is 2.67. The van der Waals surface area contributed by atoms with Gasteiger partial charge in [-0.3, -0.25) is 4.79 Å². The highest BCUT2D eigenvalue weighted by atomic mass is 31.2. The van der Waals surface area contributed by atoms with E-state index in [1.165, 1.54) is 0 Å². The largest absolute Gasteiger partial charge is 0.490 e. The molecular weight excluding hydrogens is 351 g/mol. The molecule has 0 aliphatic heterocycles. The van der Waals surface area contributed by atoms with Crippen LogP contribution in [0.25, 0.3) is 0 Å². The van der Waals surface area contributed by atoms with Crippen LogP contribution in [0.4, 0.5) is 0 Å². The quantitative estimate of drug-likeness (QED) is 0.604. The minimum atomic E-state index is -2.30. The fourth-order valence-corrected chi connectivity index (χ4v) is 7.26. The van der Waals surface area contributed by atoms with Crippen LogP contribution in [0.2, 0.25) is 0 Å². The number of ether oxygens (including phenoxy) is 1. The zero-order valence-corrected chi connectivity index (χ0v) is 16.9. The van der Waals surface area contributed by atoms with Gasteiger partial charge in [0.15, 0.2) is 5.78 Å². The molecule has 3 rings (SSSR count). The smallest absolute Gasteiger partial charge is 0.153 e. The summed E-state index contributed by atoms with van der Waals surface area (Å²) in [6, 6.07) is 28.7. The Balaban J connectivity index is 2.44. The van der Waals surface area contributed by atoms with Crippen molar-refractivity contribution in [3.8, 4) is 5.75 Å². The van der Waals surface area contributed by atoms with E-state index in [0.717, 1.165) is 21.7 Å². The molecule has 3 heteroatoms. The fourth-order valence-electron chi connectivity index (χ4n) is 3.35. The number of carbonyl (C=O) groups excluding carboxylic acids is 1. The molecule has 0 atom stereocenters. The Morgan fingerprint density at radius 3 is 1.78 bits per heavy atom. The molecule has 0 amide bonds. The van der Waals surface area contributed by atoms with Crippen molar-refractivity contribution in [2.24, 2.45) is 0 Å². The predicted molar refractivity (Wildman–Crippen MR) is 118 cm³/mol. The lowest BCUT2D eigenvalue weighted by Crippen LogP contribution is -2.30. The lowest BCUT2D eigenvalue weighted by molar-refractivity contribution is -0.110. The molecule has 3 aromatic rings. The van der Waals surface area contributed by atoms with Crippen LogP contribution in [-0.4, -0.2) is 17.7 Å². The van der Waals surface area contributed by atoms with Crippen LogP contribution in [0.5, 0.6) is 5.75 Å². The molecule has 0 aliphatic rings. The molecule has 0 bridgehead atoms. The van der Waals surface area contributed by atoms with Gasteiger partial charge in [-0.05, 0) is 50.1 Å². The minimum absolute atomic E-state index is 0.0527. The Bertz CT molecular complexity index is 916. The van der Waals surface area contributed by atoms with Crippen molar-refractivity contribution in [2.75, 3.05) is 0 Å². The van der Waals surface area contributed by atoms with E-state index < -0.39 is 6.89 Å². The number of Topliss-reactive ketones (excluding diaryl/α,β-unsaturated/α-hetero) is 1. The third-order valence-electron chi connectivity index (χ3n) is 4.31. The van der Waals surface area contributed by atoms with Crippen LogP contribution in [0.15, 0.2) is 84.9 Å². The van der Waals surface area contributed by atoms with Crippen molar-refractivity contribution in [3.05, 3.63) is 84.9 Å². The van der Waals surface area contributed by atoms with Crippen LogP contribution in [-0.2, 0) is 4.79 Å². The molecule has 0 aliphatic carbocycles. The number of para-hydroxylation sites is 1. The summed E-state index contributed by atoms with van der Waals surface area (Å²) in [7, 11) is 0. The molecule has 0 spiro atoms. The van der Waals surface area contributed by atoms with Gasteiger partial charge in [0.05, 0.1) is 6.10 Å². The number of benzene rings is 3. The van der Waals surface area contributed by atoms with Gasteiger partial charge in [0.2, 0.25) is 0 Å². The molecular formula is C24H25O2P. The van der Waals surface area contributed by atoms with E-state index in [2.05, 4.69) is 30.3 Å². The monoisotopic (exact) mass is 376 g/mol. The Kier molecular flexibility index (Phi) is 5.98. The number of carbonyl (C=O) groups is 1. The van der Waals surface area contributed by atoms with Crippen LogP contribution in [0, 0.1) is 0 Å². The Labute approximate surface area is 161 Å². The van der Waals surface area contributed by atoms with Gasteiger partial charge in [-0.2, -0.15) is 0 Å². The van der Waals surface area contributed by atoms with Gasteiger partial charge in [-0.1, -0.05) is 78.9 Å². The molecule has 3 aromatic carbocycles. The first kappa shape index (κ1) is 19.2. The molecule has 0 saturated heterocycles. The van der Waals surface area contributed by atoms with E-state index in [4.69, 9.17) is 4.74 Å². The highest BCUT2D eigenvalue weighted by molar-refractivity contribution is 7.95. The zero-order chi connectivity index (χ0) is 19.3. The van der Waals surface area contributed by atoms with Crippen LogP contribution in [0.3, 0.4) is 0 Å². The number of rotatable bonds is 6. The summed E-state index contributed by atoms with van der Waals surface area (Å²) in [5.41, 5.74) is 0. The summed E-state index contributed by atoms with van der Waals surface area (Å²) < 4.78 is 6.17. The fraction of sp³-hybridized carbons (Fsp3) is 0.167. The molecule has 138 valence electrons. The predicted octanol–water partition coefficient (Wildman–Crippen LogP) is 4.16. The highest BCUT2D eigenvalue weighted by Crippen LogP contribution is 2.46. The van der Waals surface area contributed by atoms with Gasteiger partial charge in [-0.25, -0.2) is 0 Å². The van der Waals surface area contributed by atoms with Gasteiger partial charge in [0, 0.05) is 5.30 Å². The second-order valence-electron chi connectivity index (χ2n) is 6.77. The van der Waals surface area contributed by atoms with Gasteiger partial charge in [0.1, 0.15) is 5.75 Å². The molecule has 0 unspecified atom stereocenters. The van der Waals surface area contributed by atoms with Gasteiger partial charge in [0.25, 0.3) is 0 Å². The first-order valence-electron chi connectivity index (χ1n) is 9.17. The van der Waals surface area contributed by atoms with E-state index in [1.54, 1.807) is 6.92 Å². The maximum Gasteiger partial charge on any atom is 0.153 e. The topological polar surface area (TPSA) is 26.3 Å². The summed E-state index contributed by atoms with van der Waals surface area (Å²) in [5, 5.41) is 3.36. The van der Waals surface area contributed by atoms with E-state index in [-0.39, 0.29) is 11.9 Å². The molecule has 27 heavy (non-hydrogen) atoms. The third-order valence-corrected chi connectivity index (χ3v) is 8.42. The lowest BCUT2D eigenvalue weighted by atomic mass is 10.3. The SMILES string of the molecule is CC(=O)C=P(c1ccccc1)(c1ccccc1)c1ccccc1OC(C)C. The van der Waals surface area contributed by atoms with Gasteiger partial charge >= 0.3 is 0 Å². The molecule has 0 heterocycles. The summed E-state index contributed by atoms with van der Waals surface area (Å²) >= 11 is 0. The second kappa shape index (κ2) is 8.41. The zero-order valence-electron chi connectivity index (χ0n) is 16.0. The van der Waals surface area contributed by atoms with Crippen molar-refractivity contribution in [1.82, 2.24) is 0 Å². The average molecular weight is 376 g/mol. The molecule has 0 radical (unpaired) electrons. The summed E-state index contributed by atoms with van der Waals surface area (Å²) in [6.45, 7) is 3.38. The van der Waals surface area contributed by atoms with Crippen molar-refractivity contribution < 1.29 is 9.53 Å². The van der Waals surface area contributed by atoms with Crippen molar-refractivity contribution in [1.29, 1.82) is 0 Å². The maximum absolute atomic E-state index is 12.4. The number of hydrogen-bond acceptors (Lipinski definition) is 2. The Morgan fingerprint density at radius 2 is 1.30 bits per heavy atom. The molecule has 0 N–H and O–H groups in total. The van der Waals surface area contributed by atoms with Crippen LogP contribution in [0.1, 0.15) is 20.8 Å². The van der Waals surface area contributed by atoms with Crippen molar-refractivity contribution >= 4 is 34.4 Å². The van der Waals surface area contributed by atoms with Crippen molar-refractivity contribution in [2.45, 2.75) is 26.9 Å². The second-order valence-corrected chi connectivity index (χ2v) is 9.99. The number of hydrogen-bond donors (Lipinski definition) is 0. The van der Waals surface area contributed by atoms with E-state index in [9.17, 15) is 4.79 Å². The summed E-state index contributed by atoms with van der Waals surface area (Å²) in [5.74, 6) is 2.82. The van der Waals surface area contributed by atoms with Gasteiger partial charge < -0.3 is 4.74 Å². The maximum atomic E-state index is 12.4. The van der Waals surface area contributed by atoms with Crippen LogP contribution >= 0.6 is 6.89 Å². The molecule has 0 fully saturated rings. The highest BCUT2D eigenvalue weighted by Gasteiger charge is 2.28. The minimum Gasteiger partial charge on any atom is -0.490 e. The third kappa shape index (κ3) is 4.07. The van der Waals surface area contributed by atoms with E-state index >= 15 is 0 Å². The normalized spacial score (nSPS) is 11.3. The first-order chi connectivity index (χ1) is 13.0. The summed E-state index contributed by atoms with van der Waals surface area (Å²) in [4.78, 5) is 12.4. The molecule has 0 aromatic heterocycles. The first-order valence-corrected chi connectivity index (χ1v) is 11.0. The lowest BCUT2D eigenvalue weighted by Gasteiger charge is -2.30. The van der Waals surface area contributed by atoms with Gasteiger partial charge in [-0.15, -0.1) is 0 Å². The van der Waals surface area contributed by atoms with E-state index in [0.29, 0.717) is 0 Å². The van der Waals surface area contributed by atoms with Crippen LogP contribution < -0.4 is 20.7 Å². The molecule has 2 nitrogen and oxygen atoms in total.